The van der Waals surface area contributed by atoms with Crippen LogP contribution in [0.25, 0.3) is 0 Å². The van der Waals surface area contributed by atoms with E-state index >= 15 is 0 Å². The van der Waals surface area contributed by atoms with Gasteiger partial charge in [0.2, 0.25) is 5.91 Å². The lowest BCUT2D eigenvalue weighted by Crippen LogP contribution is -2.28. The number of carbonyl (C=O) groups excluding carboxylic acids is 1. The molecule has 2 heterocycles. The lowest BCUT2D eigenvalue weighted by molar-refractivity contribution is -0.116. The molecule has 2 aromatic rings. The topological polar surface area (TPSA) is 41.6 Å². The number of nitrogens with zero attached hydrogens (tertiary/aromatic N) is 1. The quantitative estimate of drug-likeness (QED) is 0.860. The lowest BCUT2D eigenvalue weighted by atomic mass is 10.0. The van der Waals surface area contributed by atoms with Gasteiger partial charge in [-0.3, -0.25) is 9.69 Å². The van der Waals surface area contributed by atoms with Crippen LogP contribution in [0.5, 0.6) is 5.75 Å². The minimum Gasteiger partial charge on any atom is -0.492 e. The molecule has 0 aliphatic carbocycles. The van der Waals surface area contributed by atoms with E-state index in [9.17, 15) is 13.6 Å². The number of nitrogens with one attached hydrogen (secondary N) is 1. The van der Waals surface area contributed by atoms with Gasteiger partial charge in [-0.05, 0) is 67.3 Å². The van der Waals surface area contributed by atoms with Gasteiger partial charge in [-0.1, -0.05) is 0 Å². The number of likely N-dealkylation sites (tertiary alicyclic amines) is 1. The summed E-state index contributed by atoms with van der Waals surface area (Å²) in [5.41, 5.74) is 2.63. The summed E-state index contributed by atoms with van der Waals surface area (Å²) in [6.45, 7) is 2.08. The number of carbonyl (C=O) groups is 1. The van der Waals surface area contributed by atoms with Crippen LogP contribution in [0.1, 0.15) is 36.4 Å². The molecule has 1 atom stereocenters. The number of rotatable bonds is 5. The highest BCUT2D eigenvalue weighted by Gasteiger charge is 2.26. The largest absolute Gasteiger partial charge is 0.492 e. The maximum absolute atomic E-state index is 13.5. The molecule has 4 nitrogen and oxygen atoms in total. The van der Waals surface area contributed by atoms with Crippen molar-refractivity contribution >= 4 is 11.6 Å². The van der Waals surface area contributed by atoms with Crippen LogP contribution in [0.3, 0.4) is 0 Å². The van der Waals surface area contributed by atoms with Crippen molar-refractivity contribution in [3.8, 4) is 5.75 Å². The molecule has 1 saturated heterocycles. The third-order valence-corrected chi connectivity index (χ3v) is 5.25. The van der Waals surface area contributed by atoms with Gasteiger partial charge in [-0.2, -0.15) is 0 Å². The molecule has 2 aliphatic rings. The first-order chi connectivity index (χ1) is 13.1. The SMILES string of the molecule is O=C1CCc2cc(OCCN3CCCC3c3cc(F)cc(F)c3)ccc2N1. The highest BCUT2D eigenvalue weighted by Crippen LogP contribution is 2.32. The van der Waals surface area contributed by atoms with E-state index in [1.54, 1.807) is 0 Å². The molecule has 0 spiro atoms. The molecule has 2 aromatic carbocycles. The Morgan fingerprint density at radius 1 is 1.11 bits per heavy atom. The van der Waals surface area contributed by atoms with E-state index < -0.39 is 11.6 Å². The second-order valence-electron chi connectivity index (χ2n) is 7.11. The number of benzene rings is 2. The maximum Gasteiger partial charge on any atom is 0.224 e. The van der Waals surface area contributed by atoms with Crippen molar-refractivity contribution in [3.05, 3.63) is 59.2 Å². The van der Waals surface area contributed by atoms with Gasteiger partial charge in [0.25, 0.3) is 0 Å². The van der Waals surface area contributed by atoms with Gasteiger partial charge < -0.3 is 10.1 Å². The van der Waals surface area contributed by atoms with E-state index in [0.29, 0.717) is 25.1 Å². The van der Waals surface area contributed by atoms with E-state index in [-0.39, 0.29) is 11.9 Å². The van der Waals surface area contributed by atoms with Crippen molar-refractivity contribution < 1.29 is 18.3 Å². The number of anilines is 1. The van der Waals surface area contributed by atoms with Gasteiger partial charge in [0.1, 0.15) is 24.0 Å². The molecule has 0 aromatic heterocycles. The predicted molar refractivity (Wildman–Crippen MR) is 98.8 cm³/mol. The van der Waals surface area contributed by atoms with E-state index in [2.05, 4.69) is 10.2 Å². The van der Waals surface area contributed by atoms with Crippen LogP contribution in [0.15, 0.2) is 36.4 Å². The van der Waals surface area contributed by atoms with Crippen molar-refractivity contribution in [1.82, 2.24) is 4.90 Å². The highest BCUT2D eigenvalue weighted by atomic mass is 19.1. The van der Waals surface area contributed by atoms with E-state index in [1.807, 2.05) is 18.2 Å². The third-order valence-electron chi connectivity index (χ3n) is 5.25. The summed E-state index contributed by atoms with van der Waals surface area (Å²) in [6.07, 6.45) is 3.11. The fourth-order valence-corrected chi connectivity index (χ4v) is 3.97. The molecular formula is C21H22F2N2O2. The summed E-state index contributed by atoms with van der Waals surface area (Å²) < 4.78 is 33.0. The van der Waals surface area contributed by atoms with Gasteiger partial charge in [-0.25, -0.2) is 8.78 Å². The first-order valence-corrected chi connectivity index (χ1v) is 9.34. The number of hydrogen-bond acceptors (Lipinski definition) is 3. The molecule has 0 bridgehead atoms. The van der Waals surface area contributed by atoms with Gasteiger partial charge in [0.05, 0.1) is 0 Å². The standard InChI is InChI=1S/C21H22F2N2O2/c22-16-10-15(11-17(23)13-16)20-2-1-7-25(20)8-9-27-18-4-5-19-14(12-18)3-6-21(26)24-19/h4-5,10-13,20H,1-3,6-9H2,(H,24,26). The minimum atomic E-state index is -0.533. The first-order valence-electron chi connectivity index (χ1n) is 9.34. The highest BCUT2D eigenvalue weighted by molar-refractivity contribution is 5.93. The number of halogens is 2. The smallest absolute Gasteiger partial charge is 0.224 e. The van der Waals surface area contributed by atoms with Gasteiger partial charge >= 0.3 is 0 Å². The van der Waals surface area contributed by atoms with Crippen LogP contribution in [0, 0.1) is 11.6 Å². The number of aryl methyl sites for hydroxylation is 1. The molecule has 1 unspecified atom stereocenters. The number of fused-ring (bicyclic) bond motifs is 1. The number of ether oxygens (including phenoxy) is 1. The van der Waals surface area contributed by atoms with E-state index in [0.717, 1.165) is 48.9 Å². The molecule has 6 heteroatoms. The average Bonchev–Trinajstić information content (AvgIpc) is 3.09. The van der Waals surface area contributed by atoms with Crippen molar-refractivity contribution in [2.75, 3.05) is 25.0 Å². The summed E-state index contributed by atoms with van der Waals surface area (Å²) in [5, 5.41) is 2.86. The normalized spacial score (nSPS) is 19.6. The Labute approximate surface area is 157 Å². The van der Waals surface area contributed by atoms with Crippen LogP contribution in [-0.2, 0) is 11.2 Å². The Morgan fingerprint density at radius 3 is 2.74 bits per heavy atom. The summed E-state index contributed by atoms with van der Waals surface area (Å²) in [5.74, 6) is -0.244. The molecule has 27 heavy (non-hydrogen) atoms. The van der Waals surface area contributed by atoms with Crippen LogP contribution in [0.2, 0.25) is 0 Å². The van der Waals surface area contributed by atoms with E-state index in [4.69, 9.17) is 4.74 Å². The summed E-state index contributed by atoms with van der Waals surface area (Å²) in [7, 11) is 0. The fourth-order valence-electron chi connectivity index (χ4n) is 3.97. The second-order valence-corrected chi connectivity index (χ2v) is 7.11. The summed E-state index contributed by atoms with van der Waals surface area (Å²) in [4.78, 5) is 13.6. The summed E-state index contributed by atoms with van der Waals surface area (Å²) >= 11 is 0. The zero-order valence-electron chi connectivity index (χ0n) is 15.0. The summed E-state index contributed by atoms with van der Waals surface area (Å²) in [6, 6.07) is 9.47. The first kappa shape index (κ1) is 17.9. The zero-order chi connectivity index (χ0) is 18.8. The number of amides is 1. The van der Waals surface area contributed by atoms with Crippen molar-refractivity contribution in [1.29, 1.82) is 0 Å². The molecule has 0 radical (unpaired) electrons. The van der Waals surface area contributed by atoms with E-state index in [1.165, 1.54) is 12.1 Å². The second kappa shape index (κ2) is 7.64. The molecule has 1 N–H and O–H groups in total. The van der Waals surface area contributed by atoms with Crippen LogP contribution < -0.4 is 10.1 Å². The maximum atomic E-state index is 13.5. The average molecular weight is 372 g/mol. The van der Waals surface area contributed by atoms with Crippen LogP contribution >= 0.6 is 0 Å². The molecule has 2 aliphatic heterocycles. The minimum absolute atomic E-state index is 0.0255. The Kier molecular flexibility index (Phi) is 5.07. The van der Waals surface area contributed by atoms with Crippen LogP contribution in [-0.4, -0.2) is 30.5 Å². The third kappa shape index (κ3) is 4.11. The molecule has 1 amide bonds. The number of hydrogen-bond donors (Lipinski definition) is 1. The zero-order valence-corrected chi connectivity index (χ0v) is 15.0. The van der Waals surface area contributed by atoms with Crippen LogP contribution in [0.4, 0.5) is 14.5 Å². The molecule has 142 valence electrons. The lowest BCUT2D eigenvalue weighted by Gasteiger charge is -2.25. The Balaban J connectivity index is 1.36. The Morgan fingerprint density at radius 2 is 1.93 bits per heavy atom. The Bertz CT molecular complexity index is 836. The van der Waals surface area contributed by atoms with Gasteiger partial charge in [0, 0.05) is 30.8 Å². The molecule has 1 fully saturated rings. The van der Waals surface area contributed by atoms with Gasteiger partial charge in [0.15, 0.2) is 0 Å². The van der Waals surface area contributed by atoms with Crippen molar-refractivity contribution in [2.45, 2.75) is 31.7 Å². The van der Waals surface area contributed by atoms with Crippen molar-refractivity contribution in [3.63, 3.8) is 0 Å². The molecular weight excluding hydrogens is 350 g/mol. The fraction of sp³-hybridized carbons (Fsp3) is 0.381. The van der Waals surface area contributed by atoms with Gasteiger partial charge in [-0.15, -0.1) is 0 Å². The predicted octanol–water partition coefficient (Wildman–Crippen LogP) is 4.07. The monoisotopic (exact) mass is 372 g/mol. The molecule has 4 rings (SSSR count). The van der Waals surface area contributed by atoms with Crippen molar-refractivity contribution in [2.24, 2.45) is 0 Å². The Hall–Kier alpha value is -2.47. The molecule has 0 saturated carbocycles.